The van der Waals surface area contributed by atoms with Gasteiger partial charge in [-0.05, 0) is 36.2 Å². The van der Waals surface area contributed by atoms with Crippen LogP contribution in [0.3, 0.4) is 0 Å². The standard InChI is InChI=1S/C24H35NO4/c1-16-10-20-22-21(12-24(29-22)18(3)9-17(2)13-25-24)28-23(11-16,27-20)15-26-14-19-7-5-4-6-8-19/h4-8,16-18,20-22,25H,9-15H2,1-3H3/t16-,17+,18-,20+,21+,22+,23-,24-/m0/s1. The number of rotatable bonds is 4. The first-order chi connectivity index (χ1) is 14.0. The Balaban J connectivity index is 1.29. The molecule has 5 nitrogen and oxygen atoms in total. The second-order valence-corrected chi connectivity index (χ2v) is 10.0. The molecule has 4 aliphatic rings. The summed E-state index contributed by atoms with van der Waals surface area (Å²) in [5.74, 6) is 1.06. The van der Waals surface area contributed by atoms with Gasteiger partial charge in [0.1, 0.15) is 18.4 Å². The SMILES string of the molecule is C[C@H]1CN[C@]2(C[C@H]3O[C@]4(COCc5ccccc5)C[C@@H](C)C[C@@H](O4)[C@H]3O2)[C@@H](C)C1. The number of ether oxygens (including phenoxy) is 4. The van der Waals surface area contributed by atoms with Crippen LogP contribution in [-0.2, 0) is 25.6 Å². The lowest BCUT2D eigenvalue weighted by Gasteiger charge is -2.51. The molecule has 5 heteroatoms. The zero-order valence-corrected chi connectivity index (χ0v) is 17.9. The summed E-state index contributed by atoms with van der Waals surface area (Å²) in [7, 11) is 0. The van der Waals surface area contributed by atoms with Crippen molar-refractivity contribution in [3.63, 3.8) is 0 Å². The molecule has 4 heterocycles. The van der Waals surface area contributed by atoms with Crippen LogP contribution in [0.5, 0.6) is 0 Å². The number of piperidine rings is 1. The predicted molar refractivity (Wildman–Crippen MR) is 110 cm³/mol. The second kappa shape index (κ2) is 7.61. The number of hydrogen-bond acceptors (Lipinski definition) is 5. The van der Waals surface area contributed by atoms with E-state index in [9.17, 15) is 0 Å². The Hall–Kier alpha value is -0.980. The first-order valence-electron chi connectivity index (χ1n) is 11.4. The summed E-state index contributed by atoms with van der Waals surface area (Å²) in [5, 5.41) is 3.73. The molecule has 0 radical (unpaired) electrons. The molecule has 4 aliphatic heterocycles. The van der Waals surface area contributed by atoms with Gasteiger partial charge in [-0.15, -0.1) is 0 Å². The minimum Gasteiger partial charge on any atom is -0.371 e. The van der Waals surface area contributed by atoms with Crippen LogP contribution in [0.1, 0.15) is 52.0 Å². The minimum atomic E-state index is -0.641. The highest BCUT2D eigenvalue weighted by atomic mass is 16.8. The van der Waals surface area contributed by atoms with E-state index in [1.807, 2.05) is 18.2 Å². The quantitative estimate of drug-likeness (QED) is 0.830. The number of fused-ring (bicyclic) bond motifs is 4. The van der Waals surface area contributed by atoms with Gasteiger partial charge in [-0.3, -0.25) is 5.32 Å². The van der Waals surface area contributed by atoms with Gasteiger partial charge in [0, 0.05) is 19.4 Å². The first-order valence-corrected chi connectivity index (χ1v) is 11.4. The molecular weight excluding hydrogens is 366 g/mol. The van der Waals surface area contributed by atoms with Gasteiger partial charge in [0.25, 0.3) is 0 Å². The van der Waals surface area contributed by atoms with E-state index >= 15 is 0 Å². The first kappa shape index (κ1) is 20.0. The van der Waals surface area contributed by atoms with Crippen LogP contribution in [-0.4, -0.2) is 43.0 Å². The molecule has 0 aliphatic carbocycles. The fourth-order valence-electron chi connectivity index (χ4n) is 6.00. The molecule has 8 atom stereocenters. The van der Waals surface area contributed by atoms with E-state index in [0.29, 0.717) is 31.0 Å². The van der Waals surface area contributed by atoms with Crippen molar-refractivity contribution < 1.29 is 18.9 Å². The highest BCUT2D eigenvalue weighted by Gasteiger charge is 2.61. The minimum absolute atomic E-state index is 0.0170. The highest BCUT2D eigenvalue weighted by molar-refractivity contribution is 5.13. The molecule has 1 aromatic carbocycles. The molecule has 160 valence electrons. The van der Waals surface area contributed by atoms with Crippen molar-refractivity contribution in [3.05, 3.63) is 35.9 Å². The zero-order valence-electron chi connectivity index (χ0n) is 17.9. The average molecular weight is 402 g/mol. The van der Waals surface area contributed by atoms with E-state index in [4.69, 9.17) is 18.9 Å². The topological polar surface area (TPSA) is 49.0 Å². The summed E-state index contributed by atoms with van der Waals surface area (Å²) in [5.41, 5.74) is 0.911. The molecule has 2 bridgehead atoms. The van der Waals surface area contributed by atoms with E-state index in [2.05, 4.69) is 38.2 Å². The second-order valence-electron chi connectivity index (χ2n) is 10.0. The number of hydrogen-bond donors (Lipinski definition) is 1. The summed E-state index contributed by atoms with van der Waals surface area (Å²) in [6.45, 7) is 8.98. The Bertz CT molecular complexity index is 714. The number of nitrogens with one attached hydrogen (secondary N) is 1. The van der Waals surface area contributed by atoms with Crippen LogP contribution in [0.4, 0.5) is 0 Å². The third kappa shape index (κ3) is 3.77. The van der Waals surface area contributed by atoms with Crippen molar-refractivity contribution in [2.45, 2.75) is 82.9 Å². The molecule has 0 saturated carbocycles. The predicted octanol–water partition coefficient (Wildman–Crippen LogP) is 3.86. The van der Waals surface area contributed by atoms with E-state index in [1.54, 1.807) is 0 Å². The highest BCUT2D eigenvalue weighted by Crippen LogP contribution is 2.50. The molecule has 1 spiro atoms. The Morgan fingerprint density at radius 3 is 2.55 bits per heavy atom. The zero-order chi connectivity index (χ0) is 20.1. The molecular formula is C24H35NO4. The van der Waals surface area contributed by atoms with Gasteiger partial charge >= 0.3 is 0 Å². The maximum Gasteiger partial charge on any atom is 0.192 e. The van der Waals surface area contributed by atoms with Crippen LogP contribution >= 0.6 is 0 Å². The molecule has 5 rings (SSSR count). The third-order valence-electron chi connectivity index (χ3n) is 7.35. The fraction of sp³-hybridized carbons (Fsp3) is 0.750. The maximum atomic E-state index is 6.71. The smallest absolute Gasteiger partial charge is 0.192 e. The Labute approximate surface area is 174 Å². The average Bonchev–Trinajstić information content (AvgIpc) is 3.05. The summed E-state index contributed by atoms with van der Waals surface area (Å²) in [6, 6.07) is 10.3. The normalized spacial score (nSPS) is 46.6. The van der Waals surface area contributed by atoms with Gasteiger partial charge in [-0.25, -0.2) is 0 Å². The number of benzene rings is 1. The van der Waals surface area contributed by atoms with E-state index < -0.39 is 5.79 Å². The Morgan fingerprint density at radius 2 is 1.76 bits per heavy atom. The molecule has 29 heavy (non-hydrogen) atoms. The van der Waals surface area contributed by atoms with Gasteiger partial charge in [0.05, 0.1) is 18.8 Å². The third-order valence-corrected chi connectivity index (χ3v) is 7.35. The van der Waals surface area contributed by atoms with Crippen LogP contribution in [0.15, 0.2) is 30.3 Å². The molecule has 4 fully saturated rings. The van der Waals surface area contributed by atoms with E-state index in [1.165, 1.54) is 12.0 Å². The van der Waals surface area contributed by atoms with Crippen molar-refractivity contribution in [2.24, 2.45) is 17.8 Å². The lowest BCUT2D eigenvalue weighted by molar-refractivity contribution is -0.376. The molecule has 0 aromatic heterocycles. The van der Waals surface area contributed by atoms with Crippen molar-refractivity contribution >= 4 is 0 Å². The summed E-state index contributed by atoms with van der Waals surface area (Å²) < 4.78 is 26.0. The van der Waals surface area contributed by atoms with E-state index in [-0.39, 0.29) is 24.0 Å². The summed E-state index contributed by atoms with van der Waals surface area (Å²) >= 11 is 0. The van der Waals surface area contributed by atoms with Crippen LogP contribution in [0.25, 0.3) is 0 Å². The van der Waals surface area contributed by atoms with Crippen LogP contribution in [0.2, 0.25) is 0 Å². The van der Waals surface area contributed by atoms with Crippen molar-refractivity contribution in [1.82, 2.24) is 5.32 Å². The molecule has 4 saturated heterocycles. The summed E-state index contributed by atoms with van der Waals surface area (Å²) in [4.78, 5) is 0. The van der Waals surface area contributed by atoms with Crippen molar-refractivity contribution in [3.8, 4) is 0 Å². The Kier molecular flexibility index (Phi) is 5.24. The van der Waals surface area contributed by atoms with Gasteiger partial charge in [-0.2, -0.15) is 0 Å². The van der Waals surface area contributed by atoms with Gasteiger partial charge in [-0.1, -0.05) is 51.1 Å². The lowest BCUT2D eigenvalue weighted by Crippen LogP contribution is -2.61. The fourth-order valence-corrected chi connectivity index (χ4v) is 6.00. The van der Waals surface area contributed by atoms with Crippen molar-refractivity contribution in [1.29, 1.82) is 0 Å². The maximum absolute atomic E-state index is 6.71. The van der Waals surface area contributed by atoms with Gasteiger partial charge in [0.2, 0.25) is 0 Å². The molecule has 0 unspecified atom stereocenters. The van der Waals surface area contributed by atoms with Crippen LogP contribution in [0, 0.1) is 17.8 Å². The van der Waals surface area contributed by atoms with E-state index in [0.717, 1.165) is 25.8 Å². The molecule has 0 amide bonds. The monoisotopic (exact) mass is 401 g/mol. The molecule has 1 aromatic rings. The van der Waals surface area contributed by atoms with Crippen molar-refractivity contribution in [2.75, 3.05) is 13.2 Å². The lowest BCUT2D eigenvalue weighted by atomic mass is 9.81. The summed E-state index contributed by atoms with van der Waals surface area (Å²) in [6.07, 6.45) is 4.19. The molecule has 1 N–H and O–H groups in total. The largest absolute Gasteiger partial charge is 0.371 e. The van der Waals surface area contributed by atoms with Gasteiger partial charge < -0.3 is 18.9 Å². The Morgan fingerprint density at radius 1 is 0.966 bits per heavy atom. The van der Waals surface area contributed by atoms with Crippen LogP contribution < -0.4 is 5.32 Å². The van der Waals surface area contributed by atoms with Gasteiger partial charge in [0.15, 0.2) is 5.79 Å².